The van der Waals surface area contributed by atoms with Gasteiger partial charge < -0.3 is 14.8 Å². The van der Waals surface area contributed by atoms with E-state index in [-0.39, 0.29) is 29.0 Å². The Kier molecular flexibility index (Phi) is 6.26. The number of nitrogens with one attached hydrogen (secondary N) is 1. The number of carbonyl (C=O) groups excluding carboxylic acids is 1. The first kappa shape index (κ1) is 21.2. The number of benzene rings is 2. The van der Waals surface area contributed by atoms with E-state index in [2.05, 4.69) is 5.32 Å². The summed E-state index contributed by atoms with van der Waals surface area (Å²) in [6.07, 6.45) is 3.06. The minimum Gasteiger partial charge on any atom is -0.496 e. The van der Waals surface area contributed by atoms with E-state index in [1.807, 2.05) is 6.07 Å². The zero-order valence-electron chi connectivity index (χ0n) is 15.8. The minimum absolute atomic E-state index is 0.0746. The fourth-order valence-corrected chi connectivity index (χ4v) is 2.64. The summed E-state index contributed by atoms with van der Waals surface area (Å²) in [5.74, 6) is -7.93. The first-order valence-corrected chi connectivity index (χ1v) is 8.89. The first-order chi connectivity index (χ1) is 14.3. The maximum Gasteiger partial charge on any atom is 0.262 e. The fourth-order valence-electron chi connectivity index (χ4n) is 2.64. The molecule has 1 amide bonds. The van der Waals surface area contributed by atoms with Crippen LogP contribution in [0.4, 0.5) is 17.6 Å². The van der Waals surface area contributed by atoms with E-state index in [0.29, 0.717) is 5.56 Å². The lowest BCUT2D eigenvalue weighted by Gasteiger charge is -2.13. The van der Waals surface area contributed by atoms with Crippen LogP contribution in [0, 0.1) is 34.6 Å². The van der Waals surface area contributed by atoms with Crippen molar-refractivity contribution < 1.29 is 31.8 Å². The van der Waals surface area contributed by atoms with Crippen molar-refractivity contribution in [1.82, 2.24) is 5.32 Å². The molecule has 0 aromatic heterocycles. The molecular weight excluding hydrogens is 404 g/mol. The predicted molar refractivity (Wildman–Crippen MR) is 98.4 cm³/mol. The summed E-state index contributed by atoms with van der Waals surface area (Å²) in [6.45, 7) is -0.488. The van der Waals surface area contributed by atoms with E-state index >= 15 is 0 Å². The molecule has 1 fully saturated rings. The first-order valence-electron chi connectivity index (χ1n) is 8.89. The second-order valence-electron chi connectivity index (χ2n) is 6.57. The van der Waals surface area contributed by atoms with Gasteiger partial charge in [-0.25, -0.2) is 8.78 Å². The molecule has 30 heavy (non-hydrogen) atoms. The van der Waals surface area contributed by atoms with Gasteiger partial charge in [-0.2, -0.15) is 14.0 Å². The molecule has 0 atom stereocenters. The Morgan fingerprint density at radius 2 is 1.87 bits per heavy atom. The van der Waals surface area contributed by atoms with Gasteiger partial charge in [0.1, 0.15) is 24.0 Å². The van der Waals surface area contributed by atoms with Crippen molar-refractivity contribution in [2.45, 2.75) is 25.5 Å². The zero-order valence-corrected chi connectivity index (χ0v) is 15.8. The van der Waals surface area contributed by atoms with Gasteiger partial charge in [-0.1, -0.05) is 6.07 Å². The van der Waals surface area contributed by atoms with Crippen LogP contribution in [0.1, 0.15) is 24.0 Å². The monoisotopic (exact) mass is 420 g/mol. The molecule has 0 radical (unpaired) electrons. The van der Waals surface area contributed by atoms with Gasteiger partial charge in [-0.05, 0) is 36.6 Å². The Balaban J connectivity index is 1.86. The van der Waals surface area contributed by atoms with Gasteiger partial charge in [0.25, 0.3) is 5.91 Å². The number of hydrogen-bond donors (Lipinski definition) is 1. The third-order valence-corrected chi connectivity index (χ3v) is 4.34. The molecule has 2 aromatic carbocycles. The third-order valence-electron chi connectivity index (χ3n) is 4.34. The SMILES string of the molecule is COc1ccc(/C=C(\C#N)C(=O)NC2CC2)cc1COc1c(F)c(F)cc(F)c1F. The summed E-state index contributed by atoms with van der Waals surface area (Å²) < 4.78 is 64.4. The van der Waals surface area contributed by atoms with Crippen LogP contribution >= 0.6 is 0 Å². The molecule has 0 bridgehead atoms. The molecule has 0 spiro atoms. The number of methoxy groups -OCH3 is 1. The number of amides is 1. The summed E-state index contributed by atoms with van der Waals surface area (Å²) in [4.78, 5) is 12.1. The van der Waals surface area contributed by atoms with Gasteiger partial charge >= 0.3 is 0 Å². The van der Waals surface area contributed by atoms with Crippen molar-refractivity contribution in [2.24, 2.45) is 0 Å². The molecule has 1 aliphatic carbocycles. The average Bonchev–Trinajstić information content (AvgIpc) is 3.54. The molecule has 0 heterocycles. The van der Waals surface area contributed by atoms with Crippen molar-refractivity contribution in [3.63, 3.8) is 0 Å². The van der Waals surface area contributed by atoms with Crippen LogP contribution < -0.4 is 14.8 Å². The Morgan fingerprint density at radius 1 is 1.20 bits per heavy atom. The lowest BCUT2D eigenvalue weighted by atomic mass is 10.1. The highest BCUT2D eigenvalue weighted by Gasteiger charge is 2.25. The van der Waals surface area contributed by atoms with E-state index in [1.165, 1.54) is 25.3 Å². The maximum absolute atomic E-state index is 13.8. The number of nitrogens with zero attached hydrogens (tertiary/aromatic N) is 1. The second-order valence-corrected chi connectivity index (χ2v) is 6.57. The van der Waals surface area contributed by atoms with Crippen LogP contribution in [0.25, 0.3) is 6.08 Å². The Bertz CT molecular complexity index is 1030. The number of rotatable bonds is 7. The van der Waals surface area contributed by atoms with E-state index in [9.17, 15) is 27.6 Å². The lowest BCUT2D eigenvalue weighted by molar-refractivity contribution is -0.117. The van der Waals surface area contributed by atoms with Crippen molar-refractivity contribution in [1.29, 1.82) is 5.26 Å². The molecular formula is C21H16F4N2O3. The topological polar surface area (TPSA) is 71.3 Å². The highest BCUT2D eigenvalue weighted by Crippen LogP contribution is 2.29. The van der Waals surface area contributed by atoms with Crippen LogP contribution in [-0.2, 0) is 11.4 Å². The molecule has 3 rings (SSSR count). The largest absolute Gasteiger partial charge is 0.496 e. The second kappa shape index (κ2) is 8.86. The number of halogens is 4. The Morgan fingerprint density at radius 3 is 2.43 bits per heavy atom. The highest BCUT2D eigenvalue weighted by atomic mass is 19.2. The summed E-state index contributed by atoms with van der Waals surface area (Å²) >= 11 is 0. The molecule has 5 nitrogen and oxygen atoms in total. The number of ether oxygens (including phenoxy) is 2. The summed E-state index contributed by atoms with van der Waals surface area (Å²) in [7, 11) is 1.35. The van der Waals surface area contributed by atoms with Gasteiger partial charge in [-0.3, -0.25) is 4.79 Å². The van der Waals surface area contributed by atoms with Crippen molar-refractivity contribution in [3.05, 3.63) is 64.2 Å². The van der Waals surface area contributed by atoms with Gasteiger partial charge in [0.2, 0.25) is 11.6 Å². The average molecular weight is 420 g/mol. The molecule has 0 unspecified atom stereocenters. The van der Waals surface area contributed by atoms with Crippen LogP contribution in [-0.4, -0.2) is 19.1 Å². The normalized spacial score (nSPS) is 13.5. The summed E-state index contributed by atoms with van der Waals surface area (Å²) in [6, 6.07) is 6.50. The van der Waals surface area contributed by atoms with Crippen molar-refractivity contribution in [2.75, 3.05) is 7.11 Å². The molecule has 1 aliphatic rings. The molecule has 0 aliphatic heterocycles. The number of carbonyl (C=O) groups is 1. The minimum atomic E-state index is -1.66. The third kappa shape index (κ3) is 4.71. The van der Waals surface area contributed by atoms with Gasteiger partial charge in [0.15, 0.2) is 17.4 Å². The fraction of sp³-hybridized carbons (Fsp3) is 0.238. The van der Waals surface area contributed by atoms with Gasteiger partial charge in [0, 0.05) is 17.7 Å². The summed E-state index contributed by atoms with van der Waals surface area (Å²) in [5, 5.41) is 11.9. The van der Waals surface area contributed by atoms with Crippen LogP contribution in [0.3, 0.4) is 0 Å². The van der Waals surface area contributed by atoms with Gasteiger partial charge in [-0.15, -0.1) is 0 Å². The van der Waals surface area contributed by atoms with E-state index in [1.54, 1.807) is 6.07 Å². The predicted octanol–water partition coefficient (Wildman–Crippen LogP) is 4.02. The van der Waals surface area contributed by atoms with Crippen LogP contribution in [0.2, 0.25) is 0 Å². The van der Waals surface area contributed by atoms with Gasteiger partial charge in [0.05, 0.1) is 7.11 Å². The van der Waals surface area contributed by atoms with E-state index in [4.69, 9.17) is 9.47 Å². The van der Waals surface area contributed by atoms with Crippen molar-refractivity contribution in [3.8, 4) is 17.6 Å². The Hall–Kier alpha value is -3.54. The molecule has 1 N–H and O–H groups in total. The van der Waals surface area contributed by atoms with Crippen LogP contribution in [0.5, 0.6) is 11.5 Å². The maximum atomic E-state index is 13.8. The van der Waals surface area contributed by atoms with E-state index in [0.717, 1.165) is 12.8 Å². The number of hydrogen-bond acceptors (Lipinski definition) is 4. The molecule has 2 aromatic rings. The molecule has 156 valence electrons. The smallest absolute Gasteiger partial charge is 0.262 e. The summed E-state index contributed by atoms with van der Waals surface area (Å²) in [5.41, 5.74) is 0.570. The molecule has 9 heteroatoms. The quantitative estimate of drug-likeness (QED) is 0.318. The van der Waals surface area contributed by atoms with Crippen LogP contribution in [0.15, 0.2) is 29.8 Å². The Labute approximate surface area is 169 Å². The standard InChI is InChI=1S/C21H16F4N2O3/c1-29-17-5-2-11(6-12(9-26)21(28)27-14-3-4-14)7-13(17)10-30-20-18(24)15(22)8-16(23)19(20)25/h2,5-8,14H,3-4,10H2,1H3,(H,27,28)/b12-6+. The highest BCUT2D eigenvalue weighted by molar-refractivity contribution is 6.02. The van der Waals surface area contributed by atoms with Crippen molar-refractivity contribution >= 4 is 12.0 Å². The number of nitriles is 1. The molecule has 1 saturated carbocycles. The zero-order chi connectivity index (χ0) is 21.8. The van der Waals surface area contributed by atoms with E-state index < -0.39 is 41.5 Å². The lowest BCUT2D eigenvalue weighted by Crippen LogP contribution is -2.26. The molecule has 0 saturated heterocycles.